The molecule has 0 radical (unpaired) electrons. The fourth-order valence-corrected chi connectivity index (χ4v) is 3.00. The average Bonchev–Trinajstić information content (AvgIpc) is 2.50. The van der Waals surface area contributed by atoms with E-state index in [0.29, 0.717) is 0 Å². The summed E-state index contributed by atoms with van der Waals surface area (Å²) in [4.78, 5) is 4.27. The molecular formula is C11H20N2O2S. The summed E-state index contributed by atoms with van der Waals surface area (Å²) in [5.41, 5.74) is 0. The van der Waals surface area contributed by atoms with E-state index in [1.807, 2.05) is 13.1 Å². The third-order valence-corrected chi connectivity index (χ3v) is 3.55. The van der Waals surface area contributed by atoms with Crippen LogP contribution in [0.5, 0.6) is 0 Å². The quantitative estimate of drug-likeness (QED) is 0.762. The van der Waals surface area contributed by atoms with E-state index in [1.54, 1.807) is 6.20 Å². The molecule has 1 aromatic rings. The molecule has 0 aromatic carbocycles. The van der Waals surface area contributed by atoms with E-state index in [9.17, 15) is 8.42 Å². The fraction of sp³-hybridized carbons (Fsp3) is 0.727. The molecule has 5 heteroatoms. The molecule has 1 atom stereocenters. The van der Waals surface area contributed by atoms with Gasteiger partial charge >= 0.3 is 0 Å². The lowest BCUT2D eigenvalue weighted by molar-refractivity contribution is 0.498. The number of aryl methyl sites for hydroxylation is 1. The highest BCUT2D eigenvalue weighted by atomic mass is 32.2. The zero-order valence-corrected chi connectivity index (χ0v) is 11.0. The van der Waals surface area contributed by atoms with Gasteiger partial charge < -0.3 is 4.57 Å². The van der Waals surface area contributed by atoms with Crippen molar-refractivity contribution in [1.82, 2.24) is 9.55 Å². The molecule has 16 heavy (non-hydrogen) atoms. The summed E-state index contributed by atoms with van der Waals surface area (Å²) >= 11 is 0. The van der Waals surface area contributed by atoms with Crippen molar-refractivity contribution in [2.24, 2.45) is 5.92 Å². The molecule has 4 nitrogen and oxygen atoms in total. The van der Waals surface area contributed by atoms with Crippen molar-refractivity contribution in [3.63, 3.8) is 0 Å². The minimum atomic E-state index is -2.89. The van der Waals surface area contributed by atoms with Gasteiger partial charge in [-0.1, -0.05) is 13.8 Å². The van der Waals surface area contributed by atoms with Crippen molar-refractivity contribution in [3.8, 4) is 0 Å². The van der Waals surface area contributed by atoms with Crippen molar-refractivity contribution < 1.29 is 8.42 Å². The van der Waals surface area contributed by atoms with Crippen LogP contribution in [0.3, 0.4) is 0 Å². The summed E-state index contributed by atoms with van der Waals surface area (Å²) < 4.78 is 24.4. The molecular weight excluding hydrogens is 224 g/mol. The van der Waals surface area contributed by atoms with E-state index >= 15 is 0 Å². The van der Waals surface area contributed by atoms with Crippen molar-refractivity contribution in [2.45, 2.75) is 33.2 Å². The Morgan fingerprint density at radius 1 is 1.50 bits per heavy atom. The number of aromatic nitrogens is 2. The Labute approximate surface area is 97.6 Å². The molecule has 1 unspecified atom stereocenters. The normalized spacial score (nSPS) is 13.9. The van der Waals surface area contributed by atoms with Gasteiger partial charge in [0.1, 0.15) is 15.7 Å². The van der Waals surface area contributed by atoms with E-state index in [-0.39, 0.29) is 11.7 Å². The lowest BCUT2D eigenvalue weighted by atomic mass is 10.2. The topological polar surface area (TPSA) is 52.0 Å². The number of imidazole rings is 1. The Hall–Kier alpha value is -0.840. The Balaban J connectivity index is 2.62. The molecule has 92 valence electrons. The number of rotatable bonds is 6. The second-order valence-electron chi connectivity index (χ2n) is 4.44. The summed E-state index contributed by atoms with van der Waals surface area (Å²) in [5, 5.41) is 0. The number of nitrogens with zero attached hydrogens (tertiary/aromatic N) is 2. The highest BCUT2D eigenvalue weighted by Crippen LogP contribution is 2.08. The molecule has 1 rings (SSSR count). The standard InChI is InChI=1S/C11H20N2O2S/c1-4-5-11-12-6-7-13(11)8-10(2)9-16(3,14)15/h6-7,10H,4-5,8-9H2,1-3H3. The minimum absolute atomic E-state index is 0.125. The molecule has 0 spiro atoms. The van der Waals surface area contributed by atoms with Gasteiger partial charge in [-0.05, 0) is 12.3 Å². The number of hydrogen-bond acceptors (Lipinski definition) is 3. The first-order valence-electron chi connectivity index (χ1n) is 5.60. The summed E-state index contributed by atoms with van der Waals surface area (Å²) in [6.45, 7) is 4.79. The monoisotopic (exact) mass is 244 g/mol. The lowest BCUT2D eigenvalue weighted by Gasteiger charge is -2.13. The van der Waals surface area contributed by atoms with Gasteiger partial charge in [-0.3, -0.25) is 0 Å². The third kappa shape index (κ3) is 4.35. The molecule has 0 aliphatic carbocycles. The van der Waals surface area contributed by atoms with Crippen LogP contribution >= 0.6 is 0 Å². The second kappa shape index (κ2) is 5.48. The van der Waals surface area contributed by atoms with Crippen molar-refractivity contribution in [1.29, 1.82) is 0 Å². The van der Waals surface area contributed by atoms with Crippen LogP contribution in [0.4, 0.5) is 0 Å². The Morgan fingerprint density at radius 2 is 2.19 bits per heavy atom. The predicted octanol–water partition coefficient (Wildman–Crippen LogP) is 1.52. The van der Waals surface area contributed by atoms with E-state index in [1.165, 1.54) is 6.26 Å². The van der Waals surface area contributed by atoms with Crippen molar-refractivity contribution in [3.05, 3.63) is 18.2 Å². The summed E-state index contributed by atoms with van der Waals surface area (Å²) in [6.07, 6.45) is 6.97. The summed E-state index contributed by atoms with van der Waals surface area (Å²) in [7, 11) is -2.89. The molecule has 0 saturated heterocycles. The van der Waals surface area contributed by atoms with Gasteiger partial charge in [0.15, 0.2) is 0 Å². The van der Waals surface area contributed by atoms with Gasteiger partial charge in [0.05, 0.1) is 5.75 Å². The van der Waals surface area contributed by atoms with Crippen molar-refractivity contribution in [2.75, 3.05) is 12.0 Å². The smallest absolute Gasteiger partial charge is 0.147 e. The summed E-state index contributed by atoms with van der Waals surface area (Å²) in [6, 6.07) is 0. The maximum atomic E-state index is 11.2. The molecule has 0 bridgehead atoms. The zero-order valence-electron chi connectivity index (χ0n) is 10.2. The van der Waals surface area contributed by atoms with Crippen LogP contribution in [0.2, 0.25) is 0 Å². The van der Waals surface area contributed by atoms with Gasteiger partial charge in [0.2, 0.25) is 0 Å². The van der Waals surface area contributed by atoms with Crippen LogP contribution in [0.1, 0.15) is 26.1 Å². The lowest BCUT2D eigenvalue weighted by Crippen LogP contribution is -2.18. The molecule has 0 amide bonds. The maximum Gasteiger partial charge on any atom is 0.147 e. The highest BCUT2D eigenvalue weighted by molar-refractivity contribution is 7.90. The zero-order chi connectivity index (χ0) is 12.2. The van der Waals surface area contributed by atoms with Gasteiger partial charge in [-0.15, -0.1) is 0 Å². The van der Waals surface area contributed by atoms with E-state index < -0.39 is 9.84 Å². The number of sulfone groups is 1. The van der Waals surface area contributed by atoms with E-state index in [4.69, 9.17) is 0 Å². The highest BCUT2D eigenvalue weighted by Gasteiger charge is 2.12. The minimum Gasteiger partial charge on any atom is -0.335 e. The maximum absolute atomic E-state index is 11.2. The first-order chi connectivity index (χ1) is 7.42. The van der Waals surface area contributed by atoms with Gasteiger partial charge in [0.25, 0.3) is 0 Å². The Morgan fingerprint density at radius 3 is 2.75 bits per heavy atom. The molecule has 0 N–H and O–H groups in total. The third-order valence-electron chi connectivity index (χ3n) is 2.37. The first kappa shape index (κ1) is 13.2. The molecule has 0 saturated carbocycles. The molecule has 1 heterocycles. The summed E-state index contributed by atoms with van der Waals surface area (Å²) in [5.74, 6) is 1.40. The Kier molecular flexibility index (Phi) is 4.53. The van der Waals surface area contributed by atoms with Gasteiger partial charge in [-0.2, -0.15) is 0 Å². The Bertz CT molecular complexity index is 423. The predicted molar refractivity (Wildman–Crippen MR) is 65.1 cm³/mol. The molecule has 1 aromatic heterocycles. The average molecular weight is 244 g/mol. The van der Waals surface area contributed by atoms with Gasteiger partial charge in [-0.25, -0.2) is 13.4 Å². The van der Waals surface area contributed by atoms with Crippen LogP contribution in [-0.2, 0) is 22.8 Å². The second-order valence-corrected chi connectivity index (χ2v) is 6.63. The van der Waals surface area contributed by atoms with Crippen LogP contribution < -0.4 is 0 Å². The largest absolute Gasteiger partial charge is 0.335 e. The fourth-order valence-electron chi connectivity index (χ4n) is 1.86. The van der Waals surface area contributed by atoms with Gasteiger partial charge in [0, 0.05) is 31.6 Å². The molecule has 0 fully saturated rings. The molecule has 0 aliphatic heterocycles. The first-order valence-corrected chi connectivity index (χ1v) is 7.66. The van der Waals surface area contributed by atoms with Crippen molar-refractivity contribution >= 4 is 9.84 Å². The van der Waals surface area contributed by atoms with E-state index in [2.05, 4.69) is 16.5 Å². The van der Waals surface area contributed by atoms with Crippen LogP contribution in [0.25, 0.3) is 0 Å². The number of hydrogen-bond donors (Lipinski definition) is 0. The SMILES string of the molecule is CCCc1nccn1CC(C)CS(C)(=O)=O. The van der Waals surface area contributed by atoms with E-state index in [0.717, 1.165) is 25.2 Å². The van der Waals surface area contributed by atoms with Crippen LogP contribution in [0, 0.1) is 5.92 Å². The van der Waals surface area contributed by atoms with Crippen LogP contribution in [0.15, 0.2) is 12.4 Å². The van der Waals surface area contributed by atoms with Crippen LogP contribution in [-0.4, -0.2) is 30.0 Å². The molecule has 0 aliphatic rings.